The summed E-state index contributed by atoms with van der Waals surface area (Å²) < 4.78 is 11.0. The van der Waals surface area contributed by atoms with Crippen molar-refractivity contribution in [3.8, 4) is 11.5 Å². The molecule has 0 radical (unpaired) electrons. The van der Waals surface area contributed by atoms with E-state index in [1.807, 2.05) is 0 Å². The van der Waals surface area contributed by atoms with Gasteiger partial charge < -0.3 is 29.6 Å². The van der Waals surface area contributed by atoms with Crippen molar-refractivity contribution in [3.63, 3.8) is 0 Å². The Morgan fingerprint density at radius 3 is 2.23 bits per heavy atom. The quantitative estimate of drug-likeness (QED) is 0.489. The molecule has 10 nitrogen and oxygen atoms in total. The van der Waals surface area contributed by atoms with Crippen molar-refractivity contribution >= 4 is 34.0 Å². The molecular formula is C16H12N2O8. The summed E-state index contributed by atoms with van der Waals surface area (Å²) in [6, 6.07) is 8.32. The molecule has 134 valence electrons. The van der Waals surface area contributed by atoms with Gasteiger partial charge in [-0.3, -0.25) is 0 Å². The number of ether oxygens (including phenoxy) is 2. The number of para-hydroxylation sites is 2. The number of rotatable bonds is 6. The molecule has 0 aliphatic heterocycles. The van der Waals surface area contributed by atoms with Crippen LogP contribution in [0.15, 0.2) is 36.4 Å². The van der Waals surface area contributed by atoms with E-state index in [0.29, 0.717) is 9.16 Å². The minimum Gasteiger partial charge on any atom is -0.805 e. The summed E-state index contributed by atoms with van der Waals surface area (Å²) in [5.41, 5.74) is -0.457. The van der Waals surface area contributed by atoms with Crippen LogP contribution in [-0.4, -0.2) is 40.1 Å². The molecule has 0 saturated carbocycles. The lowest BCUT2D eigenvalue weighted by Gasteiger charge is -2.17. The average Bonchev–Trinajstić information content (AvgIpc) is 2.62. The molecule has 3 rings (SSSR count). The molecule has 3 aromatic rings. The molecule has 0 unspecified atom stereocenters. The summed E-state index contributed by atoms with van der Waals surface area (Å²) in [5, 5.41) is 30.2. The van der Waals surface area contributed by atoms with Gasteiger partial charge in [0.15, 0.2) is 30.2 Å². The monoisotopic (exact) mass is 360 g/mol. The maximum atomic E-state index is 12.8. The largest absolute Gasteiger partial charge is 0.805 e. The minimum absolute atomic E-state index is 0.0664. The van der Waals surface area contributed by atoms with Crippen LogP contribution >= 0.6 is 0 Å². The van der Waals surface area contributed by atoms with Crippen LogP contribution in [0.1, 0.15) is 0 Å². The lowest BCUT2D eigenvalue weighted by atomic mass is 10.2. The predicted octanol–water partition coefficient (Wildman–Crippen LogP) is 0.982. The van der Waals surface area contributed by atoms with E-state index < -0.39 is 25.2 Å². The molecule has 2 aromatic carbocycles. The van der Waals surface area contributed by atoms with Crippen LogP contribution < -0.4 is 13.9 Å². The number of aromatic nitrogens is 2. The summed E-state index contributed by atoms with van der Waals surface area (Å²) in [7, 11) is 0. The standard InChI is InChI=1S/C16H12N2O8/c19-13(20)7-25-11-5-1-3-9-15(11)18(24)10-4-2-6-12(16(10)17(9)23)26-8-14(21)22/h1-6H,7-8H2,(H,19,20)(H,21,22). The fourth-order valence-electron chi connectivity index (χ4n) is 2.51. The number of benzene rings is 2. The molecule has 1 aromatic heterocycles. The Hall–Kier alpha value is -3.82. The van der Waals surface area contributed by atoms with E-state index in [1.165, 1.54) is 36.4 Å². The maximum absolute atomic E-state index is 12.8. The van der Waals surface area contributed by atoms with E-state index in [1.54, 1.807) is 0 Å². The van der Waals surface area contributed by atoms with Crippen molar-refractivity contribution in [2.75, 3.05) is 13.2 Å². The molecule has 0 saturated heterocycles. The van der Waals surface area contributed by atoms with Gasteiger partial charge in [-0.25, -0.2) is 9.59 Å². The molecule has 0 atom stereocenters. The topological polar surface area (TPSA) is 144 Å². The molecule has 0 aliphatic rings. The summed E-state index contributed by atoms with van der Waals surface area (Å²) in [4.78, 5) is 34.2. The number of fused-ring (bicyclic) bond motifs is 2. The van der Waals surface area contributed by atoms with Crippen LogP contribution in [0.3, 0.4) is 0 Å². The van der Waals surface area contributed by atoms with Crippen LogP contribution in [0.25, 0.3) is 22.1 Å². The normalized spacial score (nSPS) is 10.8. The van der Waals surface area contributed by atoms with E-state index in [-0.39, 0.29) is 33.6 Å². The Labute approximate surface area is 144 Å². The highest BCUT2D eigenvalue weighted by Crippen LogP contribution is 2.29. The van der Waals surface area contributed by atoms with Crippen molar-refractivity contribution in [1.29, 1.82) is 0 Å². The Morgan fingerprint density at radius 2 is 1.58 bits per heavy atom. The highest BCUT2D eigenvalue weighted by Gasteiger charge is 2.23. The predicted molar refractivity (Wildman–Crippen MR) is 87.8 cm³/mol. The zero-order chi connectivity index (χ0) is 18.8. The second-order valence-corrected chi connectivity index (χ2v) is 5.20. The van der Waals surface area contributed by atoms with Crippen LogP contribution in [0, 0.1) is 10.1 Å². The SMILES string of the molecule is O=C(O)COc1cccc2c1n([O-])c1cccc(OCC(=O)O)c1[n+]2=O. The van der Waals surface area contributed by atoms with Gasteiger partial charge in [0.25, 0.3) is 5.52 Å². The second-order valence-electron chi connectivity index (χ2n) is 5.20. The Bertz CT molecular complexity index is 1090. The third-order valence-electron chi connectivity index (χ3n) is 3.50. The first-order valence-corrected chi connectivity index (χ1v) is 7.30. The number of carboxylic acid groups (broad SMARTS) is 2. The van der Waals surface area contributed by atoms with Crippen LogP contribution in [-0.2, 0) is 9.59 Å². The van der Waals surface area contributed by atoms with Crippen molar-refractivity contribution in [3.05, 3.63) is 46.5 Å². The van der Waals surface area contributed by atoms with E-state index in [9.17, 15) is 19.7 Å². The number of nitrogens with zero attached hydrogens (tertiary/aromatic N) is 2. The minimum atomic E-state index is -1.24. The second kappa shape index (κ2) is 6.59. The number of carbonyl (C=O) groups is 2. The molecule has 0 spiro atoms. The summed E-state index contributed by atoms with van der Waals surface area (Å²) >= 11 is 0. The first-order valence-electron chi connectivity index (χ1n) is 7.30. The van der Waals surface area contributed by atoms with Gasteiger partial charge in [0.05, 0.1) is 4.43 Å². The maximum Gasteiger partial charge on any atom is 0.341 e. The Kier molecular flexibility index (Phi) is 4.31. The van der Waals surface area contributed by atoms with Gasteiger partial charge in [-0.1, -0.05) is 12.1 Å². The van der Waals surface area contributed by atoms with E-state index in [4.69, 9.17) is 19.7 Å². The smallest absolute Gasteiger partial charge is 0.341 e. The van der Waals surface area contributed by atoms with Crippen molar-refractivity contribution in [1.82, 2.24) is 4.73 Å². The van der Waals surface area contributed by atoms with E-state index in [2.05, 4.69) is 0 Å². The van der Waals surface area contributed by atoms with Gasteiger partial charge in [0.2, 0.25) is 0 Å². The molecule has 10 heteroatoms. The van der Waals surface area contributed by atoms with Gasteiger partial charge in [-0.2, -0.15) is 0 Å². The molecule has 0 bridgehead atoms. The molecular weight excluding hydrogens is 348 g/mol. The van der Waals surface area contributed by atoms with Gasteiger partial charge >= 0.3 is 17.5 Å². The van der Waals surface area contributed by atoms with Crippen LogP contribution in [0.5, 0.6) is 11.5 Å². The molecule has 0 aliphatic carbocycles. The fourth-order valence-corrected chi connectivity index (χ4v) is 2.51. The highest BCUT2D eigenvalue weighted by molar-refractivity contribution is 5.89. The summed E-state index contributed by atoms with van der Waals surface area (Å²) in [6.45, 7) is -1.37. The highest BCUT2D eigenvalue weighted by atomic mass is 16.5. The lowest BCUT2D eigenvalue weighted by molar-refractivity contribution is -0.433. The van der Waals surface area contributed by atoms with Crippen molar-refractivity contribution < 1.29 is 33.7 Å². The number of carboxylic acids is 2. The van der Waals surface area contributed by atoms with Gasteiger partial charge in [-0.15, -0.1) is 0 Å². The van der Waals surface area contributed by atoms with Crippen molar-refractivity contribution in [2.45, 2.75) is 0 Å². The zero-order valence-electron chi connectivity index (χ0n) is 13.1. The number of aliphatic carboxylic acids is 2. The summed E-state index contributed by atoms with van der Waals surface area (Å²) in [5.74, 6) is -2.61. The molecule has 0 fully saturated rings. The van der Waals surface area contributed by atoms with Crippen LogP contribution in [0.2, 0.25) is 0 Å². The van der Waals surface area contributed by atoms with Gasteiger partial charge in [0, 0.05) is 11.0 Å². The third-order valence-corrected chi connectivity index (χ3v) is 3.50. The average molecular weight is 360 g/mol. The van der Waals surface area contributed by atoms with E-state index in [0.717, 1.165) is 0 Å². The van der Waals surface area contributed by atoms with Crippen LogP contribution in [0.4, 0.5) is 0 Å². The fraction of sp³-hybridized carbons (Fsp3) is 0.125. The molecule has 1 heterocycles. The Balaban J connectivity index is 2.28. The first-order chi connectivity index (χ1) is 12.4. The summed E-state index contributed by atoms with van der Waals surface area (Å²) in [6.07, 6.45) is 0. The first kappa shape index (κ1) is 17.0. The third kappa shape index (κ3) is 2.95. The number of hydrogen-bond acceptors (Lipinski definition) is 6. The van der Waals surface area contributed by atoms with Gasteiger partial charge in [-0.05, 0) is 18.2 Å². The Morgan fingerprint density at radius 1 is 1.00 bits per heavy atom. The molecule has 0 amide bonds. The molecule has 26 heavy (non-hydrogen) atoms. The van der Waals surface area contributed by atoms with Gasteiger partial charge in [0.1, 0.15) is 5.52 Å². The van der Waals surface area contributed by atoms with E-state index >= 15 is 0 Å². The molecule has 2 N–H and O–H groups in total. The lowest BCUT2D eigenvalue weighted by Crippen LogP contribution is -2.22. The zero-order valence-corrected chi connectivity index (χ0v) is 13.1. The van der Waals surface area contributed by atoms with Crippen molar-refractivity contribution in [2.24, 2.45) is 0 Å². The number of hydrogen-bond donors (Lipinski definition) is 2.